The molecule has 9 nitrogen and oxygen atoms in total. The standard InChI is InChI=1S/C18H22N6O3S/c1-10-5-6-12-15(10)21-13-4-2-3-11(13)16(12)22-18(25)23-28(19,26)14-9-20-24-7-8-27-17(14)24/h9-10H,2-8H2,1H3,(H3,19,21,22,23,25,26). The van der Waals surface area contributed by atoms with Crippen LogP contribution in [0.4, 0.5) is 10.5 Å². The Morgan fingerprint density at radius 2 is 2.25 bits per heavy atom. The van der Waals surface area contributed by atoms with E-state index < -0.39 is 15.9 Å². The summed E-state index contributed by atoms with van der Waals surface area (Å²) in [7, 11) is -3.46. The van der Waals surface area contributed by atoms with Gasteiger partial charge in [-0.15, -0.1) is 4.36 Å². The number of urea groups is 1. The SMILES string of the molecule is CC1CCc2c1nc1c(c2NC(=O)N=S(N)(=O)c2cnn3c2OCC3)CCC1. The van der Waals surface area contributed by atoms with Gasteiger partial charge in [0.15, 0.2) is 9.92 Å². The third kappa shape index (κ3) is 2.70. The number of fused-ring (bicyclic) bond motifs is 3. The first-order chi connectivity index (χ1) is 13.4. The van der Waals surface area contributed by atoms with Gasteiger partial charge in [0, 0.05) is 11.4 Å². The molecule has 5 rings (SSSR count). The Labute approximate surface area is 163 Å². The average molecular weight is 402 g/mol. The zero-order valence-corrected chi connectivity index (χ0v) is 16.4. The molecule has 2 aromatic heterocycles. The molecule has 2 atom stereocenters. The quantitative estimate of drug-likeness (QED) is 0.796. The van der Waals surface area contributed by atoms with E-state index in [1.165, 1.54) is 6.20 Å². The molecule has 0 saturated carbocycles. The van der Waals surface area contributed by atoms with Gasteiger partial charge >= 0.3 is 6.03 Å². The van der Waals surface area contributed by atoms with Crippen LogP contribution in [-0.2, 0) is 35.7 Å². The van der Waals surface area contributed by atoms with Crippen LogP contribution >= 0.6 is 0 Å². The number of rotatable bonds is 2. The van der Waals surface area contributed by atoms with Gasteiger partial charge in [-0.2, -0.15) is 5.10 Å². The van der Waals surface area contributed by atoms with Crippen molar-refractivity contribution in [2.45, 2.75) is 56.4 Å². The summed E-state index contributed by atoms with van der Waals surface area (Å²) < 4.78 is 23.7. The maximum atomic E-state index is 12.9. The number of pyridine rings is 1. The number of hydrogen-bond donors (Lipinski definition) is 2. The first kappa shape index (κ1) is 17.6. The molecule has 2 amide bonds. The predicted molar refractivity (Wildman–Crippen MR) is 103 cm³/mol. The normalized spacial score (nSPS) is 21.4. The number of nitrogens with two attached hydrogens (primary N) is 1. The van der Waals surface area contributed by atoms with Gasteiger partial charge < -0.3 is 10.1 Å². The Bertz CT molecular complexity index is 1120. The number of aromatic nitrogens is 3. The van der Waals surface area contributed by atoms with Crippen molar-refractivity contribution in [2.75, 3.05) is 11.9 Å². The second-order valence-electron chi connectivity index (χ2n) is 7.54. The maximum Gasteiger partial charge on any atom is 0.354 e. The Balaban J connectivity index is 1.51. The molecule has 0 radical (unpaired) electrons. The number of carbonyl (C=O) groups excluding carboxylic acids is 1. The molecule has 0 bridgehead atoms. The van der Waals surface area contributed by atoms with E-state index in [9.17, 15) is 9.00 Å². The summed E-state index contributed by atoms with van der Waals surface area (Å²) in [6, 6.07) is -0.715. The fourth-order valence-electron chi connectivity index (χ4n) is 4.35. The lowest BCUT2D eigenvalue weighted by atomic mass is 10.0. The monoisotopic (exact) mass is 402 g/mol. The van der Waals surface area contributed by atoms with Crippen LogP contribution in [0.15, 0.2) is 15.5 Å². The Kier molecular flexibility index (Phi) is 3.95. The van der Waals surface area contributed by atoms with Gasteiger partial charge in [0.1, 0.15) is 11.5 Å². The fourth-order valence-corrected chi connectivity index (χ4v) is 5.35. The third-order valence-corrected chi connectivity index (χ3v) is 7.07. The second-order valence-corrected chi connectivity index (χ2v) is 9.30. The van der Waals surface area contributed by atoms with Gasteiger partial charge in [-0.3, -0.25) is 4.98 Å². The highest BCUT2D eigenvalue weighted by molar-refractivity contribution is 7.91. The van der Waals surface area contributed by atoms with Crippen molar-refractivity contribution in [2.24, 2.45) is 9.50 Å². The first-order valence-corrected chi connectivity index (χ1v) is 11.1. The number of carbonyl (C=O) groups is 1. The minimum Gasteiger partial charge on any atom is -0.475 e. The van der Waals surface area contributed by atoms with Gasteiger partial charge in [0.2, 0.25) is 5.88 Å². The third-order valence-electron chi connectivity index (χ3n) is 5.72. The van der Waals surface area contributed by atoms with Crippen LogP contribution in [-0.4, -0.2) is 31.6 Å². The minimum absolute atomic E-state index is 0.152. The Hall–Kier alpha value is -2.46. The van der Waals surface area contributed by atoms with Gasteiger partial charge in [-0.25, -0.2) is 18.8 Å². The molecular weight excluding hydrogens is 380 g/mol. The van der Waals surface area contributed by atoms with Crippen LogP contribution in [0, 0.1) is 0 Å². The lowest BCUT2D eigenvalue weighted by Crippen LogP contribution is -2.19. The van der Waals surface area contributed by atoms with Crippen molar-refractivity contribution in [3.63, 3.8) is 0 Å². The van der Waals surface area contributed by atoms with Crippen molar-refractivity contribution in [1.29, 1.82) is 0 Å². The van der Waals surface area contributed by atoms with Crippen molar-refractivity contribution in [1.82, 2.24) is 14.8 Å². The fraction of sp³-hybridized carbons (Fsp3) is 0.500. The highest BCUT2D eigenvalue weighted by atomic mass is 32.2. The summed E-state index contributed by atoms with van der Waals surface area (Å²) in [5.41, 5.74) is 5.07. The van der Waals surface area contributed by atoms with E-state index in [1.54, 1.807) is 4.68 Å². The van der Waals surface area contributed by atoms with Crippen LogP contribution in [0.2, 0.25) is 0 Å². The highest BCUT2D eigenvalue weighted by Crippen LogP contribution is 2.41. The average Bonchev–Trinajstić information content (AvgIpc) is 3.38. The molecule has 2 aliphatic carbocycles. The van der Waals surface area contributed by atoms with E-state index in [0.717, 1.165) is 60.3 Å². The van der Waals surface area contributed by atoms with E-state index >= 15 is 0 Å². The number of anilines is 1. The smallest absolute Gasteiger partial charge is 0.354 e. The number of amides is 2. The molecule has 2 aromatic rings. The molecule has 0 aromatic carbocycles. The van der Waals surface area contributed by atoms with Crippen molar-refractivity contribution in [3.05, 3.63) is 28.7 Å². The molecule has 0 spiro atoms. The number of nitrogens with one attached hydrogen (secondary N) is 1. The largest absolute Gasteiger partial charge is 0.475 e. The zero-order chi connectivity index (χ0) is 19.5. The predicted octanol–water partition coefficient (Wildman–Crippen LogP) is 2.14. The summed E-state index contributed by atoms with van der Waals surface area (Å²) in [5.74, 6) is 0.697. The molecule has 28 heavy (non-hydrogen) atoms. The molecule has 3 heterocycles. The Morgan fingerprint density at radius 1 is 1.39 bits per heavy atom. The summed E-state index contributed by atoms with van der Waals surface area (Å²) >= 11 is 0. The molecule has 3 N–H and O–H groups in total. The van der Waals surface area contributed by atoms with E-state index in [0.29, 0.717) is 24.9 Å². The van der Waals surface area contributed by atoms with E-state index in [1.807, 2.05) is 0 Å². The van der Waals surface area contributed by atoms with E-state index in [4.69, 9.17) is 14.9 Å². The highest BCUT2D eigenvalue weighted by Gasteiger charge is 2.30. The van der Waals surface area contributed by atoms with Crippen LogP contribution in [0.1, 0.15) is 48.2 Å². The van der Waals surface area contributed by atoms with E-state index in [2.05, 4.69) is 21.7 Å². The molecule has 2 unspecified atom stereocenters. The minimum atomic E-state index is -3.46. The number of hydrogen-bond acceptors (Lipinski definition) is 5. The number of ether oxygens (including phenoxy) is 1. The van der Waals surface area contributed by atoms with Crippen LogP contribution in [0.25, 0.3) is 0 Å². The zero-order valence-electron chi connectivity index (χ0n) is 15.6. The van der Waals surface area contributed by atoms with Crippen LogP contribution in [0.3, 0.4) is 0 Å². The lowest BCUT2D eigenvalue weighted by molar-refractivity contribution is 0.260. The molecule has 0 fully saturated rings. The van der Waals surface area contributed by atoms with E-state index in [-0.39, 0.29) is 4.90 Å². The lowest BCUT2D eigenvalue weighted by Gasteiger charge is -2.15. The van der Waals surface area contributed by atoms with Crippen LogP contribution in [0.5, 0.6) is 5.88 Å². The molecular formula is C18H22N6O3S. The van der Waals surface area contributed by atoms with Gasteiger partial charge in [0.05, 0.1) is 18.4 Å². The van der Waals surface area contributed by atoms with Gasteiger partial charge in [-0.05, 0) is 49.1 Å². The molecule has 1 aliphatic heterocycles. The van der Waals surface area contributed by atoms with Crippen LogP contribution < -0.4 is 15.2 Å². The number of aryl methyl sites for hydroxylation is 1. The second kappa shape index (κ2) is 6.28. The van der Waals surface area contributed by atoms with Crippen molar-refractivity contribution < 1.29 is 13.7 Å². The Morgan fingerprint density at radius 3 is 3.11 bits per heavy atom. The molecule has 0 saturated heterocycles. The first-order valence-electron chi connectivity index (χ1n) is 9.53. The molecule has 3 aliphatic rings. The molecule has 10 heteroatoms. The van der Waals surface area contributed by atoms with Gasteiger partial charge in [-0.1, -0.05) is 6.92 Å². The van der Waals surface area contributed by atoms with Crippen molar-refractivity contribution in [3.8, 4) is 5.88 Å². The molecule has 148 valence electrons. The van der Waals surface area contributed by atoms with Crippen molar-refractivity contribution >= 4 is 21.6 Å². The summed E-state index contributed by atoms with van der Waals surface area (Å²) in [4.78, 5) is 17.7. The summed E-state index contributed by atoms with van der Waals surface area (Å²) in [5, 5.41) is 12.9. The summed E-state index contributed by atoms with van der Waals surface area (Å²) in [6.45, 7) is 3.15. The number of nitrogens with zero attached hydrogens (tertiary/aromatic N) is 4. The maximum absolute atomic E-state index is 12.9. The van der Waals surface area contributed by atoms with Gasteiger partial charge in [0.25, 0.3) is 0 Å². The topological polar surface area (TPSA) is 124 Å². The summed E-state index contributed by atoms with van der Waals surface area (Å²) in [6.07, 6.45) is 6.06.